The molecule has 0 spiro atoms. The molecule has 1 aliphatic heterocycles. The van der Waals surface area contributed by atoms with Gasteiger partial charge in [-0.2, -0.15) is 0 Å². The third-order valence-electron chi connectivity index (χ3n) is 5.34. The molecule has 5 rings (SSSR count). The molecule has 0 fully saturated rings. The fraction of sp³-hybridized carbons (Fsp3) is 0.217. The lowest BCUT2D eigenvalue weighted by Crippen LogP contribution is -2.02. The van der Waals surface area contributed by atoms with Crippen molar-refractivity contribution in [1.82, 2.24) is 15.0 Å². The Bertz CT molecular complexity index is 1220. The SMILES string of the molecule is Cc1ncc(C)c2nc(CCC3=Nc4c(ccc5ncccc45)C3)ccc12. The lowest BCUT2D eigenvalue weighted by atomic mass is 10.0. The van der Waals surface area contributed by atoms with E-state index in [9.17, 15) is 0 Å². The molecule has 4 nitrogen and oxygen atoms in total. The van der Waals surface area contributed by atoms with Crippen molar-refractivity contribution in [3.63, 3.8) is 0 Å². The van der Waals surface area contributed by atoms with Crippen molar-refractivity contribution in [2.45, 2.75) is 33.1 Å². The van der Waals surface area contributed by atoms with Crippen molar-refractivity contribution in [3.05, 3.63) is 71.3 Å². The van der Waals surface area contributed by atoms with Crippen LogP contribution in [0.15, 0.2) is 53.8 Å². The lowest BCUT2D eigenvalue weighted by molar-refractivity contribution is 0.971. The molecule has 4 heterocycles. The molecule has 1 aromatic carbocycles. The van der Waals surface area contributed by atoms with Crippen molar-refractivity contribution in [2.24, 2.45) is 4.99 Å². The maximum Gasteiger partial charge on any atom is 0.0767 e. The number of aliphatic imine (C=N–C) groups is 1. The summed E-state index contributed by atoms with van der Waals surface area (Å²) in [5.41, 5.74) is 8.97. The molecule has 0 saturated carbocycles. The number of aryl methyl sites for hydroxylation is 3. The first-order valence-corrected chi connectivity index (χ1v) is 9.34. The van der Waals surface area contributed by atoms with Gasteiger partial charge in [0.05, 0.1) is 16.7 Å². The zero-order valence-electron chi connectivity index (χ0n) is 15.5. The average Bonchev–Trinajstić information content (AvgIpc) is 3.13. The molecule has 0 aliphatic carbocycles. The monoisotopic (exact) mass is 352 g/mol. The van der Waals surface area contributed by atoms with E-state index >= 15 is 0 Å². The van der Waals surface area contributed by atoms with Crippen molar-refractivity contribution >= 4 is 33.2 Å². The van der Waals surface area contributed by atoms with Gasteiger partial charge in [0.2, 0.25) is 0 Å². The van der Waals surface area contributed by atoms with Crippen LogP contribution in [0.1, 0.15) is 28.9 Å². The van der Waals surface area contributed by atoms with Crippen LogP contribution in [0, 0.1) is 13.8 Å². The first-order valence-electron chi connectivity index (χ1n) is 9.34. The van der Waals surface area contributed by atoms with Crippen LogP contribution in [0.2, 0.25) is 0 Å². The van der Waals surface area contributed by atoms with Gasteiger partial charge in [0.1, 0.15) is 0 Å². The Kier molecular flexibility index (Phi) is 3.71. The summed E-state index contributed by atoms with van der Waals surface area (Å²) in [6.45, 7) is 4.11. The summed E-state index contributed by atoms with van der Waals surface area (Å²) in [6, 6.07) is 12.6. The van der Waals surface area contributed by atoms with Crippen LogP contribution in [-0.2, 0) is 12.8 Å². The minimum absolute atomic E-state index is 0.903. The number of aromatic nitrogens is 3. The van der Waals surface area contributed by atoms with Gasteiger partial charge in [-0.1, -0.05) is 6.07 Å². The van der Waals surface area contributed by atoms with Crippen LogP contribution < -0.4 is 0 Å². The van der Waals surface area contributed by atoms with Gasteiger partial charge < -0.3 is 0 Å². The molecule has 132 valence electrons. The van der Waals surface area contributed by atoms with E-state index in [0.29, 0.717) is 0 Å². The molecule has 0 N–H and O–H groups in total. The summed E-state index contributed by atoms with van der Waals surface area (Å²) in [5, 5.41) is 2.29. The molecule has 1 aliphatic rings. The number of benzene rings is 1. The molecule has 27 heavy (non-hydrogen) atoms. The van der Waals surface area contributed by atoms with Crippen molar-refractivity contribution < 1.29 is 0 Å². The van der Waals surface area contributed by atoms with Crippen molar-refractivity contribution in [2.75, 3.05) is 0 Å². The Hall–Kier alpha value is -3.14. The molecular formula is C23H20N4. The molecule has 0 amide bonds. The standard InChI is InChI=1S/C23H20N4/c1-14-13-25-15(2)19-9-8-17(26-22(14)19)6-7-18-12-16-5-10-21-20(23(16)27-18)4-3-11-24-21/h3-5,8-11,13H,6-7,12H2,1-2H3. The summed E-state index contributed by atoms with van der Waals surface area (Å²) < 4.78 is 0. The van der Waals surface area contributed by atoms with Crippen LogP contribution in [-0.4, -0.2) is 20.7 Å². The summed E-state index contributed by atoms with van der Waals surface area (Å²) in [5.74, 6) is 0. The van der Waals surface area contributed by atoms with Gasteiger partial charge in [0.15, 0.2) is 0 Å². The van der Waals surface area contributed by atoms with Crippen molar-refractivity contribution in [1.29, 1.82) is 0 Å². The predicted octanol–water partition coefficient (Wildman–Crippen LogP) is 5.06. The fourth-order valence-corrected chi connectivity index (χ4v) is 3.85. The highest BCUT2D eigenvalue weighted by Gasteiger charge is 2.17. The van der Waals surface area contributed by atoms with Gasteiger partial charge in [0.25, 0.3) is 0 Å². The zero-order valence-corrected chi connectivity index (χ0v) is 15.5. The predicted molar refractivity (Wildman–Crippen MR) is 110 cm³/mol. The van der Waals surface area contributed by atoms with Crippen LogP contribution >= 0.6 is 0 Å². The molecule has 0 bridgehead atoms. The number of nitrogens with zero attached hydrogens (tertiary/aromatic N) is 4. The normalized spacial score (nSPS) is 13.2. The molecule has 0 radical (unpaired) electrons. The fourth-order valence-electron chi connectivity index (χ4n) is 3.85. The van der Waals surface area contributed by atoms with E-state index in [1.807, 2.05) is 25.4 Å². The van der Waals surface area contributed by atoms with E-state index in [1.165, 1.54) is 11.3 Å². The molecule has 0 atom stereocenters. The zero-order chi connectivity index (χ0) is 18.4. The first kappa shape index (κ1) is 16.1. The van der Waals surface area contributed by atoms with E-state index < -0.39 is 0 Å². The van der Waals surface area contributed by atoms with E-state index in [-0.39, 0.29) is 0 Å². The Balaban J connectivity index is 1.41. The van der Waals surface area contributed by atoms with E-state index in [0.717, 1.165) is 63.7 Å². The molecule has 4 heteroatoms. The Labute approximate surface area is 158 Å². The minimum atomic E-state index is 0.903. The largest absolute Gasteiger partial charge is 0.261 e. The molecule has 0 unspecified atom stereocenters. The van der Waals surface area contributed by atoms with Crippen molar-refractivity contribution in [3.8, 4) is 0 Å². The third kappa shape index (κ3) is 2.78. The number of pyridine rings is 3. The number of hydrogen-bond acceptors (Lipinski definition) is 4. The summed E-state index contributed by atoms with van der Waals surface area (Å²) in [6.07, 6.45) is 6.50. The number of hydrogen-bond donors (Lipinski definition) is 0. The van der Waals surface area contributed by atoms with E-state index in [1.54, 1.807) is 0 Å². The second-order valence-electron chi connectivity index (χ2n) is 7.22. The topological polar surface area (TPSA) is 51.0 Å². The second-order valence-corrected chi connectivity index (χ2v) is 7.22. The Morgan fingerprint density at radius 3 is 2.78 bits per heavy atom. The lowest BCUT2D eigenvalue weighted by Gasteiger charge is -2.07. The maximum atomic E-state index is 4.93. The molecule has 0 saturated heterocycles. The smallest absolute Gasteiger partial charge is 0.0767 e. The van der Waals surface area contributed by atoms with E-state index in [2.05, 4.69) is 47.2 Å². The highest BCUT2D eigenvalue weighted by atomic mass is 14.8. The van der Waals surface area contributed by atoms with Crippen LogP contribution in [0.5, 0.6) is 0 Å². The summed E-state index contributed by atoms with van der Waals surface area (Å²) in [7, 11) is 0. The second kappa shape index (κ2) is 6.23. The van der Waals surface area contributed by atoms with Gasteiger partial charge in [-0.25, -0.2) is 0 Å². The molecular weight excluding hydrogens is 332 g/mol. The quantitative estimate of drug-likeness (QED) is 0.518. The third-order valence-corrected chi connectivity index (χ3v) is 5.34. The van der Waals surface area contributed by atoms with Gasteiger partial charge in [-0.15, -0.1) is 0 Å². The van der Waals surface area contributed by atoms with Crippen LogP contribution in [0.25, 0.3) is 21.8 Å². The van der Waals surface area contributed by atoms with Gasteiger partial charge in [0, 0.05) is 46.7 Å². The number of fused-ring (bicyclic) bond motifs is 4. The average molecular weight is 352 g/mol. The summed E-state index contributed by atoms with van der Waals surface area (Å²) in [4.78, 5) is 18.7. The summed E-state index contributed by atoms with van der Waals surface area (Å²) >= 11 is 0. The molecule has 3 aromatic heterocycles. The van der Waals surface area contributed by atoms with Crippen LogP contribution in [0.3, 0.4) is 0 Å². The van der Waals surface area contributed by atoms with Gasteiger partial charge >= 0.3 is 0 Å². The first-order chi connectivity index (χ1) is 13.2. The minimum Gasteiger partial charge on any atom is -0.261 e. The van der Waals surface area contributed by atoms with Gasteiger partial charge in [-0.3, -0.25) is 19.9 Å². The highest BCUT2D eigenvalue weighted by molar-refractivity contribution is 6.02. The maximum absolute atomic E-state index is 4.93. The van der Waals surface area contributed by atoms with Gasteiger partial charge in [-0.05, 0) is 68.1 Å². The Morgan fingerprint density at radius 2 is 1.85 bits per heavy atom. The van der Waals surface area contributed by atoms with E-state index in [4.69, 9.17) is 9.98 Å². The highest BCUT2D eigenvalue weighted by Crippen LogP contribution is 2.34. The van der Waals surface area contributed by atoms with Crippen LogP contribution in [0.4, 0.5) is 5.69 Å². The molecule has 4 aromatic rings. The number of rotatable bonds is 3. The Morgan fingerprint density at radius 1 is 0.926 bits per heavy atom.